The first-order valence-electron chi connectivity index (χ1n) is 26.0. The highest BCUT2D eigenvalue weighted by molar-refractivity contribution is 6.12. The molecule has 4 nitrogen and oxygen atoms in total. The summed E-state index contributed by atoms with van der Waals surface area (Å²) in [5, 5.41) is 4.91. The van der Waals surface area contributed by atoms with Gasteiger partial charge >= 0.3 is 0 Å². The number of aromatic nitrogens is 2. The minimum atomic E-state index is 1.06. The Bertz CT molecular complexity index is 4160. The van der Waals surface area contributed by atoms with E-state index in [0.717, 1.165) is 78.9 Å². The lowest BCUT2D eigenvalue weighted by molar-refractivity contribution is 1.18. The van der Waals surface area contributed by atoms with Crippen LogP contribution in [0.15, 0.2) is 303 Å². The summed E-state index contributed by atoms with van der Waals surface area (Å²) in [5.74, 6) is 0. The maximum atomic E-state index is 2.39. The fourth-order valence-corrected chi connectivity index (χ4v) is 11.3. The van der Waals surface area contributed by atoms with Gasteiger partial charge in [0.25, 0.3) is 0 Å². The lowest BCUT2D eigenvalue weighted by atomic mass is 9.92. The smallest absolute Gasteiger partial charge is 0.0541 e. The van der Waals surface area contributed by atoms with Gasteiger partial charge in [0.1, 0.15) is 0 Å². The molecule has 0 amide bonds. The highest BCUT2D eigenvalue weighted by atomic mass is 15.2. The summed E-state index contributed by atoms with van der Waals surface area (Å²) in [4.78, 5) is 4.67. The minimum absolute atomic E-state index is 1.06. The predicted molar refractivity (Wildman–Crippen MR) is 321 cm³/mol. The van der Waals surface area contributed by atoms with Crippen LogP contribution < -0.4 is 9.80 Å². The Morgan fingerprint density at radius 2 is 0.500 bits per heavy atom. The first-order valence-corrected chi connectivity index (χ1v) is 26.0. The molecule has 0 atom stereocenters. The molecule has 0 saturated heterocycles. The summed E-state index contributed by atoms with van der Waals surface area (Å²) in [6.45, 7) is 0. The minimum Gasteiger partial charge on any atom is -0.311 e. The van der Waals surface area contributed by atoms with E-state index in [-0.39, 0.29) is 0 Å². The van der Waals surface area contributed by atoms with Crippen molar-refractivity contribution >= 4 is 77.7 Å². The van der Waals surface area contributed by atoms with E-state index in [0.29, 0.717) is 0 Å². The third-order valence-corrected chi connectivity index (χ3v) is 14.8. The largest absolute Gasteiger partial charge is 0.311 e. The Kier molecular flexibility index (Phi) is 11.2. The molecule has 0 aliphatic heterocycles. The van der Waals surface area contributed by atoms with Crippen LogP contribution in [0, 0.1) is 0 Å². The fraction of sp³-hybridized carbons (Fsp3) is 0. The van der Waals surface area contributed by atoms with E-state index in [2.05, 4.69) is 322 Å². The molecule has 0 fully saturated rings. The Balaban J connectivity index is 0.926. The second-order valence-corrected chi connectivity index (χ2v) is 19.4. The molecule has 12 aromatic carbocycles. The average molecular weight is 971 g/mol. The van der Waals surface area contributed by atoms with Crippen molar-refractivity contribution in [2.24, 2.45) is 0 Å². The molecule has 0 radical (unpaired) electrons. The van der Waals surface area contributed by atoms with Crippen LogP contribution in [-0.2, 0) is 0 Å². The summed E-state index contributed by atoms with van der Waals surface area (Å²) >= 11 is 0. The van der Waals surface area contributed by atoms with Gasteiger partial charge < -0.3 is 18.9 Å². The normalized spacial score (nSPS) is 11.4. The predicted octanol–water partition coefficient (Wildman–Crippen LogP) is 19.8. The van der Waals surface area contributed by atoms with Crippen molar-refractivity contribution in [2.45, 2.75) is 0 Å². The number of fused-ring (bicyclic) bond motifs is 6. The summed E-state index contributed by atoms with van der Waals surface area (Å²) in [6, 6.07) is 110. The molecule has 358 valence electrons. The third kappa shape index (κ3) is 7.97. The van der Waals surface area contributed by atoms with Crippen molar-refractivity contribution in [3.05, 3.63) is 303 Å². The molecule has 0 saturated carbocycles. The van der Waals surface area contributed by atoms with Crippen LogP contribution in [0.1, 0.15) is 0 Å². The molecule has 0 aliphatic rings. The number of para-hydroxylation sites is 7. The van der Waals surface area contributed by atoms with Gasteiger partial charge in [-0.3, -0.25) is 0 Å². The maximum Gasteiger partial charge on any atom is 0.0541 e. The van der Waals surface area contributed by atoms with Gasteiger partial charge in [-0.1, -0.05) is 152 Å². The molecule has 0 spiro atoms. The van der Waals surface area contributed by atoms with Crippen LogP contribution in [0.2, 0.25) is 0 Å². The van der Waals surface area contributed by atoms with Gasteiger partial charge in [-0.05, 0) is 185 Å². The third-order valence-electron chi connectivity index (χ3n) is 14.8. The monoisotopic (exact) mass is 970 g/mol. The topological polar surface area (TPSA) is 16.3 Å². The van der Waals surface area contributed by atoms with Crippen molar-refractivity contribution in [1.82, 2.24) is 9.13 Å². The molecule has 0 unspecified atom stereocenters. The van der Waals surface area contributed by atoms with Gasteiger partial charge in [-0.2, -0.15) is 0 Å². The van der Waals surface area contributed by atoms with Crippen molar-refractivity contribution in [3.8, 4) is 44.8 Å². The SMILES string of the molecule is c1ccc(N(c2ccccc2)c2ccc(N(c3ccccc3)c3cccc(-c4cc(-c5ccc6c(c5)c5ccccc5n6-c5ccccc5)cc(-c5ccc6c(c5)c5ccccc5n6-c5ccccc5)c4)c3)cc2)cc1. The van der Waals surface area contributed by atoms with E-state index in [1.165, 1.54) is 43.6 Å². The first-order chi connectivity index (χ1) is 37.7. The molecule has 0 N–H and O–H groups in total. The molecule has 4 heteroatoms. The summed E-state index contributed by atoms with van der Waals surface area (Å²) in [7, 11) is 0. The zero-order valence-electron chi connectivity index (χ0n) is 41.7. The number of benzene rings is 12. The quantitative estimate of drug-likeness (QED) is 0.128. The highest BCUT2D eigenvalue weighted by Gasteiger charge is 2.20. The molecule has 14 aromatic rings. The Hall–Kier alpha value is -10.2. The van der Waals surface area contributed by atoms with E-state index in [1.54, 1.807) is 0 Å². The zero-order valence-corrected chi connectivity index (χ0v) is 41.7. The first kappa shape index (κ1) is 44.5. The number of hydrogen-bond donors (Lipinski definition) is 0. The van der Waals surface area contributed by atoms with E-state index >= 15 is 0 Å². The molecular weight excluding hydrogens is 921 g/mol. The number of rotatable bonds is 11. The van der Waals surface area contributed by atoms with Crippen LogP contribution in [0.3, 0.4) is 0 Å². The van der Waals surface area contributed by atoms with Gasteiger partial charge in [0, 0.05) is 67.0 Å². The molecule has 76 heavy (non-hydrogen) atoms. The number of hydrogen-bond acceptors (Lipinski definition) is 2. The van der Waals surface area contributed by atoms with Crippen LogP contribution >= 0.6 is 0 Å². The maximum absolute atomic E-state index is 2.39. The van der Waals surface area contributed by atoms with E-state index < -0.39 is 0 Å². The highest BCUT2D eigenvalue weighted by Crippen LogP contribution is 2.43. The van der Waals surface area contributed by atoms with Gasteiger partial charge in [0.15, 0.2) is 0 Å². The van der Waals surface area contributed by atoms with Crippen molar-refractivity contribution in [1.29, 1.82) is 0 Å². The van der Waals surface area contributed by atoms with Crippen LogP contribution in [0.5, 0.6) is 0 Å². The van der Waals surface area contributed by atoms with E-state index in [1.807, 2.05) is 0 Å². The van der Waals surface area contributed by atoms with Gasteiger partial charge in [-0.25, -0.2) is 0 Å². The molecule has 14 rings (SSSR count). The standard InChI is InChI=1S/C72H50N4/c1-6-22-57(23-7-1)73(58-24-8-2-9-25-58)62-39-41-63(42-40-62)74(59-26-10-3-11-27-59)64-32-20-21-51(48-64)54-45-55(52-37-43-71-67(49-52)65-33-16-18-35-69(65)75(71)60-28-12-4-13-29-60)47-56(46-54)53-38-44-72-68(50-53)66-34-17-19-36-70(66)76(72)61-30-14-5-15-31-61/h1-50H. The van der Waals surface area contributed by atoms with E-state index in [9.17, 15) is 0 Å². The van der Waals surface area contributed by atoms with Crippen molar-refractivity contribution in [2.75, 3.05) is 9.80 Å². The number of nitrogens with zero attached hydrogens (tertiary/aromatic N) is 4. The summed E-state index contributed by atoms with van der Waals surface area (Å²) in [5.41, 5.74) is 20.4. The molecular formula is C72H50N4. The fourth-order valence-electron chi connectivity index (χ4n) is 11.3. The second kappa shape index (κ2) is 19.0. The van der Waals surface area contributed by atoms with Crippen LogP contribution in [0.25, 0.3) is 88.4 Å². The Morgan fingerprint density at radius 1 is 0.184 bits per heavy atom. The van der Waals surface area contributed by atoms with Gasteiger partial charge in [0.2, 0.25) is 0 Å². The van der Waals surface area contributed by atoms with E-state index in [4.69, 9.17) is 0 Å². The summed E-state index contributed by atoms with van der Waals surface area (Å²) in [6.07, 6.45) is 0. The van der Waals surface area contributed by atoms with Crippen molar-refractivity contribution in [3.63, 3.8) is 0 Å². The zero-order chi connectivity index (χ0) is 50.4. The van der Waals surface area contributed by atoms with Crippen LogP contribution in [-0.4, -0.2) is 9.13 Å². The van der Waals surface area contributed by atoms with Gasteiger partial charge in [-0.15, -0.1) is 0 Å². The molecule has 2 heterocycles. The number of anilines is 6. The Morgan fingerprint density at radius 3 is 0.921 bits per heavy atom. The lowest BCUT2D eigenvalue weighted by Crippen LogP contribution is -2.12. The van der Waals surface area contributed by atoms with Crippen molar-refractivity contribution < 1.29 is 0 Å². The summed E-state index contributed by atoms with van der Waals surface area (Å²) < 4.78 is 4.77. The molecule has 0 aliphatic carbocycles. The lowest BCUT2D eigenvalue weighted by Gasteiger charge is -2.28. The Labute approximate surface area is 442 Å². The van der Waals surface area contributed by atoms with Crippen LogP contribution in [0.4, 0.5) is 34.1 Å². The average Bonchev–Trinajstić information content (AvgIpc) is 4.04. The second-order valence-electron chi connectivity index (χ2n) is 19.4. The molecule has 2 aromatic heterocycles. The van der Waals surface area contributed by atoms with Gasteiger partial charge in [0.05, 0.1) is 22.1 Å². The molecule has 0 bridgehead atoms.